The normalized spacial score (nSPS) is 12.9. The summed E-state index contributed by atoms with van der Waals surface area (Å²) in [5.41, 5.74) is 0. The van der Waals surface area contributed by atoms with Crippen molar-refractivity contribution in [2.45, 2.75) is 315 Å². The van der Waals surface area contributed by atoms with Gasteiger partial charge in [-0.05, 0) is 89.9 Å². The summed E-state index contributed by atoms with van der Waals surface area (Å²) in [6, 6.07) is -0.554. The molecule has 0 heterocycles. The topological polar surface area (TPSA) is 95.9 Å². The Hall–Kier alpha value is -1.92. The van der Waals surface area contributed by atoms with Crippen LogP contribution in [0.1, 0.15) is 303 Å². The molecule has 0 aliphatic carbocycles. The Kier molecular flexibility index (Phi) is 53.1. The maximum absolute atomic E-state index is 12.5. The lowest BCUT2D eigenvalue weighted by Gasteiger charge is -2.22. The first-order chi connectivity index (χ1) is 32.0. The van der Waals surface area contributed by atoms with E-state index in [0.717, 1.165) is 83.5 Å². The third kappa shape index (κ3) is 51.3. The lowest BCUT2D eigenvalue weighted by Crippen LogP contribution is -2.45. The Labute approximate surface area is 404 Å². The summed E-state index contributed by atoms with van der Waals surface area (Å²) in [5.74, 6) is -0.0699. The zero-order valence-corrected chi connectivity index (χ0v) is 43.5. The number of carbonyl (C=O) groups excluding carboxylic acids is 2. The zero-order chi connectivity index (χ0) is 47.2. The van der Waals surface area contributed by atoms with Crippen molar-refractivity contribution >= 4 is 11.9 Å². The molecule has 0 fully saturated rings. The zero-order valence-electron chi connectivity index (χ0n) is 43.5. The molecule has 0 radical (unpaired) electrons. The number of amides is 1. The SMILES string of the molecule is CCCCCCCC/C=C\CCCCCCCCCC(=O)OCCCCC/C=C\C/C=C\CCCCCCCCCC(=O)NC(CO)C(O)CCCCCCCCCCCCCCCC. The number of aliphatic hydroxyl groups is 2. The average Bonchev–Trinajstić information content (AvgIpc) is 3.31. The second-order valence-corrected chi connectivity index (χ2v) is 19.6. The maximum Gasteiger partial charge on any atom is 0.305 e. The highest BCUT2D eigenvalue weighted by atomic mass is 16.5. The molecule has 2 atom stereocenters. The van der Waals surface area contributed by atoms with E-state index in [9.17, 15) is 19.8 Å². The molecule has 65 heavy (non-hydrogen) atoms. The van der Waals surface area contributed by atoms with Crippen LogP contribution in [0.15, 0.2) is 36.5 Å². The van der Waals surface area contributed by atoms with Crippen molar-refractivity contribution in [3.8, 4) is 0 Å². The molecule has 0 spiro atoms. The van der Waals surface area contributed by atoms with Crippen molar-refractivity contribution in [3.63, 3.8) is 0 Å². The molecule has 6 heteroatoms. The Bertz CT molecular complexity index is 1060. The number of hydrogen-bond donors (Lipinski definition) is 3. The van der Waals surface area contributed by atoms with Crippen molar-refractivity contribution in [2.24, 2.45) is 0 Å². The number of nitrogens with one attached hydrogen (secondary N) is 1. The van der Waals surface area contributed by atoms with E-state index in [1.807, 2.05) is 0 Å². The summed E-state index contributed by atoms with van der Waals surface area (Å²) < 4.78 is 5.46. The van der Waals surface area contributed by atoms with Gasteiger partial charge >= 0.3 is 5.97 Å². The van der Waals surface area contributed by atoms with Gasteiger partial charge in [-0.25, -0.2) is 0 Å². The standard InChI is InChI=1S/C59H111NO5/c1-3-5-7-9-11-13-15-17-19-21-25-29-33-37-41-45-49-53-59(64)65-54-50-46-42-38-34-30-26-23-20-22-24-28-32-36-40-44-48-52-58(63)60-56(55-61)57(62)51-47-43-39-35-31-27-18-16-14-12-10-8-6-4-2/h17,19-20,23,30,34,56-57,61-62H,3-16,18,21-22,24-29,31-33,35-55H2,1-2H3,(H,60,63)/b19-17-,23-20-,34-30-. The van der Waals surface area contributed by atoms with Crippen LogP contribution in [-0.2, 0) is 14.3 Å². The minimum Gasteiger partial charge on any atom is -0.466 e. The van der Waals surface area contributed by atoms with Gasteiger partial charge in [0.1, 0.15) is 0 Å². The summed E-state index contributed by atoms with van der Waals surface area (Å²) in [5, 5.41) is 23.2. The van der Waals surface area contributed by atoms with Crippen LogP contribution in [0.5, 0.6) is 0 Å². The lowest BCUT2D eigenvalue weighted by molar-refractivity contribution is -0.143. The van der Waals surface area contributed by atoms with E-state index < -0.39 is 12.1 Å². The van der Waals surface area contributed by atoms with E-state index in [0.29, 0.717) is 25.9 Å². The number of ether oxygens (including phenoxy) is 1. The van der Waals surface area contributed by atoms with Gasteiger partial charge < -0.3 is 20.3 Å². The van der Waals surface area contributed by atoms with Crippen molar-refractivity contribution in [3.05, 3.63) is 36.5 Å². The molecule has 1 amide bonds. The van der Waals surface area contributed by atoms with Crippen LogP contribution in [-0.4, -0.2) is 47.4 Å². The number of rotatable bonds is 53. The smallest absolute Gasteiger partial charge is 0.305 e. The molecule has 2 unspecified atom stereocenters. The van der Waals surface area contributed by atoms with Crippen molar-refractivity contribution in [1.29, 1.82) is 0 Å². The molecule has 0 aromatic rings. The van der Waals surface area contributed by atoms with E-state index >= 15 is 0 Å². The first-order valence-corrected chi connectivity index (χ1v) is 28.7. The van der Waals surface area contributed by atoms with E-state index in [-0.39, 0.29) is 18.5 Å². The molecule has 0 bridgehead atoms. The number of allylic oxidation sites excluding steroid dienone is 6. The quantitative estimate of drug-likeness (QED) is 0.0321. The number of carbonyl (C=O) groups is 2. The molecule has 6 nitrogen and oxygen atoms in total. The highest BCUT2D eigenvalue weighted by Crippen LogP contribution is 2.16. The van der Waals surface area contributed by atoms with Crippen LogP contribution in [0, 0.1) is 0 Å². The van der Waals surface area contributed by atoms with Gasteiger partial charge in [-0.2, -0.15) is 0 Å². The average molecular weight is 915 g/mol. The van der Waals surface area contributed by atoms with Crippen LogP contribution in [0.2, 0.25) is 0 Å². The first kappa shape index (κ1) is 63.1. The summed E-state index contributed by atoms with van der Waals surface area (Å²) in [4.78, 5) is 24.5. The number of esters is 1. The van der Waals surface area contributed by atoms with Crippen LogP contribution in [0.3, 0.4) is 0 Å². The highest BCUT2D eigenvalue weighted by molar-refractivity contribution is 5.76. The van der Waals surface area contributed by atoms with E-state index in [2.05, 4.69) is 55.6 Å². The molecule has 0 aliphatic rings. The fraction of sp³-hybridized carbons (Fsp3) is 0.864. The minimum absolute atomic E-state index is 0.0189. The predicted molar refractivity (Wildman–Crippen MR) is 283 cm³/mol. The molecular formula is C59H111NO5. The molecule has 3 N–H and O–H groups in total. The third-order valence-corrected chi connectivity index (χ3v) is 13.2. The Morgan fingerprint density at radius 2 is 0.769 bits per heavy atom. The Morgan fingerprint density at radius 1 is 0.431 bits per heavy atom. The number of unbranched alkanes of at least 4 members (excludes halogenated alkanes) is 36. The molecule has 0 aromatic heterocycles. The van der Waals surface area contributed by atoms with Gasteiger partial charge in [0, 0.05) is 12.8 Å². The van der Waals surface area contributed by atoms with Crippen molar-refractivity contribution < 1.29 is 24.5 Å². The fourth-order valence-corrected chi connectivity index (χ4v) is 8.72. The van der Waals surface area contributed by atoms with Gasteiger partial charge in [-0.15, -0.1) is 0 Å². The minimum atomic E-state index is -0.675. The lowest BCUT2D eigenvalue weighted by atomic mass is 10.0. The molecule has 0 aliphatic heterocycles. The number of hydrogen-bond acceptors (Lipinski definition) is 5. The molecule has 0 rings (SSSR count). The molecule has 0 saturated heterocycles. The Morgan fingerprint density at radius 3 is 1.18 bits per heavy atom. The Balaban J connectivity index is 3.49. The monoisotopic (exact) mass is 914 g/mol. The van der Waals surface area contributed by atoms with Crippen LogP contribution >= 0.6 is 0 Å². The molecule has 0 aromatic carbocycles. The summed E-state index contributed by atoms with van der Waals surface area (Å²) in [6.45, 7) is 4.91. The number of aliphatic hydroxyl groups excluding tert-OH is 2. The second kappa shape index (κ2) is 54.7. The van der Waals surface area contributed by atoms with E-state index in [1.165, 1.54) is 186 Å². The fourth-order valence-electron chi connectivity index (χ4n) is 8.72. The molecule has 0 saturated carbocycles. The van der Waals surface area contributed by atoms with Crippen LogP contribution in [0.4, 0.5) is 0 Å². The maximum atomic E-state index is 12.5. The van der Waals surface area contributed by atoms with Crippen molar-refractivity contribution in [2.75, 3.05) is 13.2 Å². The summed E-state index contributed by atoms with van der Waals surface area (Å²) >= 11 is 0. The van der Waals surface area contributed by atoms with Crippen LogP contribution in [0.25, 0.3) is 0 Å². The molecular weight excluding hydrogens is 803 g/mol. The van der Waals surface area contributed by atoms with Crippen molar-refractivity contribution in [1.82, 2.24) is 5.32 Å². The third-order valence-electron chi connectivity index (χ3n) is 13.2. The van der Waals surface area contributed by atoms with Gasteiger partial charge in [0.05, 0.1) is 25.4 Å². The second-order valence-electron chi connectivity index (χ2n) is 19.6. The van der Waals surface area contributed by atoms with Crippen LogP contribution < -0.4 is 5.32 Å². The first-order valence-electron chi connectivity index (χ1n) is 28.7. The van der Waals surface area contributed by atoms with Gasteiger partial charge in [-0.3, -0.25) is 9.59 Å². The van der Waals surface area contributed by atoms with Gasteiger partial charge in [0.2, 0.25) is 5.91 Å². The summed E-state index contributed by atoms with van der Waals surface area (Å²) in [7, 11) is 0. The van der Waals surface area contributed by atoms with Gasteiger partial charge in [0.15, 0.2) is 0 Å². The van der Waals surface area contributed by atoms with E-state index in [4.69, 9.17) is 4.74 Å². The van der Waals surface area contributed by atoms with E-state index in [1.54, 1.807) is 0 Å². The predicted octanol–water partition coefficient (Wildman–Crippen LogP) is 17.6. The van der Waals surface area contributed by atoms with Gasteiger partial charge in [-0.1, -0.05) is 237 Å². The largest absolute Gasteiger partial charge is 0.466 e. The summed E-state index contributed by atoms with van der Waals surface area (Å²) in [6.07, 6.45) is 67.0. The molecule has 382 valence electrons. The van der Waals surface area contributed by atoms with Gasteiger partial charge in [0.25, 0.3) is 0 Å². The highest BCUT2D eigenvalue weighted by Gasteiger charge is 2.20.